The Labute approximate surface area is 158 Å². The minimum atomic E-state index is -0.140. The summed E-state index contributed by atoms with van der Waals surface area (Å²) in [4.78, 5) is 23.5. The topological polar surface area (TPSA) is 58.9 Å². The first-order valence-corrected chi connectivity index (χ1v) is 11.1. The van der Waals surface area contributed by atoms with Crippen molar-refractivity contribution in [2.75, 3.05) is 0 Å². The van der Waals surface area contributed by atoms with E-state index in [2.05, 4.69) is 45.0 Å². The Morgan fingerprint density at radius 3 is 2.23 bits per heavy atom. The molecule has 0 aromatic heterocycles. The minimum absolute atomic E-state index is 0.0369. The van der Waals surface area contributed by atoms with Crippen molar-refractivity contribution < 1.29 is 0 Å². The minimum Gasteiger partial charge on any atom is -0.151 e. The van der Waals surface area contributed by atoms with Gasteiger partial charge in [0.05, 0.1) is 6.04 Å². The molecule has 0 radical (unpaired) electrons. The quantitative estimate of drug-likeness (QED) is 0.520. The third-order valence-corrected chi connectivity index (χ3v) is 10.0. The van der Waals surface area contributed by atoms with Crippen LogP contribution < -0.4 is 0 Å². The average Bonchev–Trinajstić information content (AvgIpc) is 3.43. The smallest absolute Gasteiger partial charge is 0.105 e. The van der Waals surface area contributed by atoms with Crippen LogP contribution in [0.2, 0.25) is 0 Å². The summed E-state index contributed by atoms with van der Waals surface area (Å²) in [5.74, 6) is 5.03. The molecule has 26 heavy (non-hydrogen) atoms. The van der Waals surface area contributed by atoms with Crippen molar-refractivity contribution in [3.63, 3.8) is 0 Å². The number of hydrogen-bond acceptors (Lipinski definition) is 4. The van der Waals surface area contributed by atoms with Gasteiger partial charge < -0.3 is 0 Å². The average molecular weight is 361 g/mol. The highest BCUT2D eigenvalue weighted by atomic mass is 16.3. The summed E-state index contributed by atoms with van der Waals surface area (Å²) in [7, 11) is 0. The maximum Gasteiger partial charge on any atom is 0.105 e. The lowest BCUT2D eigenvalue weighted by molar-refractivity contribution is -0.0430. The van der Waals surface area contributed by atoms with Gasteiger partial charge in [-0.05, 0) is 67.1 Å². The molecule has 4 rings (SSSR count). The van der Waals surface area contributed by atoms with Crippen molar-refractivity contribution in [3.8, 4) is 0 Å². The zero-order valence-corrected chi connectivity index (χ0v) is 17.1. The number of rotatable bonds is 7. The van der Waals surface area contributed by atoms with E-state index in [1.54, 1.807) is 0 Å². The Kier molecular flexibility index (Phi) is 4.36. The Hall–Kier alpha value is -0.800. The van der Waals surface area contributed by atoms with Gasteiger partial charge in [-0.15, -0.1) is 0 Å². The summed E-state index contributed by atoms with van der Waals surface area (Å²) < 4.78 is 0. The van der Waals surface area contributed by atoms with Gasteiger partial charge in [-0.3, -0.25) is 0 Å². The summed E-state index contributed by atoms with van der Waals surface area (Å²) >= 11 is 0. The Morgan fingerprint density at radius 1 is 1.04 bits per heavy atom. The van der Waals surface area contributed by atoms with Crippen molar-refractivity contribution in [1.29, 1.82) is 0 Å². The highest BCUT2D eigenvalue weighted by Gasteiger charge is 2.93. The Balaban J connectivity index is 1.71. The van der Waals surface area contributed by atoms with Crippen molar-refractivity contribution in [3.05, 3.63) is 9.81 Å². The molecule has 4 aliphatic carbocycles. The molecular weight excluding hydrogens is 324 g/mol. The summed E-state index contributed by atoms with van der Waals surface area (Å²) in [6.45, 7) is 11.6. The van der Waals surface area contributed by atoms with Crippen LogP contribution >= 0.6 is 0 Å². The van der Waals surface area contributed by atoms with E-state index in [4.69, 9.17) is 0 Å². The third kappa shape index (κ3) is 1.97. The van der Waals surface area contributed by atoms with Gasteiger partial charge in [0.1, 0.15) is 6.04 Å². The zero-order chi connectivity index (χ0) is 18.9. The molecule has 4 aliphatic rings. The molecule has 0 N–H and O–H groups in total. The number of nitroso groups, excluding NO2 is 2. The molecule has 4 nitrogen and oxygen atoms in total. The second-order valence-corrected chi connectivity index (χ2v) is 10.3. The number of fused-ring (bicyclic) bond motifs is 1. The monoisotopic (exact) mass is 360 g/mol. The van der Waals surface area contributed by atoms with Crippen LogP contribution in [0, 0.1) is 62.1 Å². The predicted molar refractivity (Wildman–Crippen MR) is 105 cm³/mol. The van der Waals surface area contributed by atoms with Crippen LogP contribution in [0.15, 0.2) is 10.4 Å². The second kappa shape index (κ2) is 6.10. The fraction of sp³-hybridized carbons (Fsp3) is 1.00. The maximum absolute atomic E-state index is 12.0. The lowest BCUT2D eigenvalue weighted by Crippen LogP contribution is -2.46. The van der Waals surface area contributed by atoms with Crippen molar-refractivity contribution >= 4 is 0 Å². The normalized spacial score (nSPS) is 55.1. The molecule has 1 spiro atoms. The van der Waals surface area contributed by atoms with Crippen molar-refractivity contribution in [2.45, 2.75) is 85.2 Å². The van der Waals surface area contributed by atoms with Gasteiger partial charge in [0.2, 0.25) is 0 Å². The molecule has 146 valence electrons. The molecule has 0 bridgehead atoms. The standard InChI is InChI=1S/C22H36N2O2/c1-6-8-16(23-25)11-21-15(7-2)9-17-12(3)13(4)18(17)10-19-14(5)22(19,21)20(21)24-26/h12-20H,6-11H2,1-5H3. The van der Waals surface area contributed by atoms with Gasteiger partial charge in [-0.25, -0.2) is 0 Å². The van der Waals surface area contributed by atoms with Crippen LogP contribution in [0.5, 0.6) is 0 Å². The van der Waals surface area contributed by atoms with Gasteiger partial charge in [0.15, 0.2) is 0 Å². The van der Waals surface area contributed by atoms with E-state index in [-0.39, 0.29) is 22.9 Å². The second-order valence-electron chi connectivity index (χ2n) is 10.3. The fourth-order valence-corrected chi connectivity index (χ4v) is 8.57. The van der Waals surface area contributed by atoms with Gasteiger partial charge in [0.25, 0.3) is 0 Å². The first-order chi connectivity index (χ1) is 12.4. The van der Waals surface area contributed by atoms with E-state index in [0.717, 1.165) is 49.4 Å². The van der Waals surface area contributed by atoms with E-state index in [9.17, 15) is 9.81 Å². The predicted octanol–water partition coefficient (Wildman–Crippen LogP) is 6.04. The maximum atomic E-state index is 12.0. The van der Waals surface area contributed by atoms with Crippen LogP contribution in [0.1, 0.15) is 73.1 Å². The lowest BCUT2D eigenvalue weighted by Gasteiger charge is -2.53. The van der Waals surface area contributed by atoms with Gasteiger partial charge in [-0.2, -0.15) is 9.81 Å². The van der Waals surface area contributed by atoms with E-state index in [1.165, 1.54) is 12.8 Å². The van der Waals surface area contributed by atoms with Crippen LogP contribution in [-0.4, -0.2) is 12.1 Å². The van der Waals surface area contributed by atoms with E-state index in [1.807, 2.05) is 0 Å². The molecule has 11 atom stereocenters. The fourth-order valence-electron chi connectivity index (χ4n) is 8.57. The largest absolute Gasteiger partial charge is 0.151 e. The lowest BCUT2D eigenvalue weighted by atomic mass is 9.52. The van der Waals surface area contributed by atoms with E-state index in [0.29, 0.717) is 17.8 Å². The third-order valence-electron chi connectivity index (χ3n) is 10.0. The van der Waals surface area contributed by atoms with Crippen molar-refractivity contribution in [1.82, 2.24) is 0 Å². The molecule has 4 heteroatoms. The van der Waals surface area contributed by atoms with E-state index < -0.39 is 0 Å². The molecule has 4 saturated carbocycles. The van der Waals surface area contributed by atoms with Gasteiger partial charge >= 0.3 is 0 Å². The molecule has 0 saturated heterocycles. The molecule has 0 aromatic carbocycles. The molecule has 11 unspecified atom stereocenters. The summed E-state index contributed by atoms with van der Waals surface area (Å²) in [5.41, 5.74) is 0.0699. The van der Waals surface area contributed by atoms with Crippen molar-refractivity contribution in [2.24, 2.45) is 62.6 Å². The summed E-state index contributed by atoms with van der Waals surface area (Å²) in [6.07, 6.45) is 6.26. The van der Waals surface area contributed by atoms with Gasteiger partial charge in [0, 0.05) is 10.8 Å². The van der Waals surface area contributed by atoms with Crippen LogP contribution in [0.3, 0.4) is 0 Å². The van der Waals surface area contributed by atoms with Crippen LogP contribution in [-0.2, 0) is 0 Å². The Bertz CT molecular complexity index is 595. The zero-order valence-electron chi connectivity index (χ0n) is 17.1. The first-order valence-electron chi connectivity index (χ1n) is 11.1. The highest BCUT2D eigenvalue weighted by molar-refractivity contribution is 5.41. The first kappa shape index (κ1) is 18.6. The molecule has 0 amide bonds. The number of hydrogen-bond donors (Lipinski definition) is 0. The van der Waals surface area contributed by atoms with Crippen LogP contribution in [0.25, 0.3) is 0 Å². The highest BCUT2D eigenvalue weighted by Crippen LogP contribution is 2.91. The molecule has 0 aromatic rings. The summed E-state index contributed by atoms with van der Waals surface area (Å²) in [6, 6.07) is -0.205. The molecule has 0 heterocycles. The van der Waals surface area contributed by atoms with E-state index >= 15 is 0 Å². The molecule has 4 fully saturated rings. The van der Waals surface area contributed by atoms with Crippen LogP contribution in [0.4, 0.5) is 0 Å². The summed E-state index contributed by atoms with van der Waals surface area (Å²) in [5, 5.41) is 7.22. The Morgan fingerprint density at radius 2 is 1.69 bits per heavy atom. The van der Waals surface area contributed by atoms with Gasteiger partial charge in [-0.1, -0.05) is 57.8 Å². The molecule has 0 aliphatic heterocycles. The number of nitrogens with zero attached hydrogens (tertiary/aromatic N) is 2. The SMILES string of the molecule is CCCC(CC12C(CC)CC3C(C)C(C)C3CC3C(C)C31C2N=O)N=O. The molecular formula is C22H36N2O2.